The molecule has 0 N–H and O–H groups in total. The second-order valence-electron chi connectivity index (χ2n) is 4.84. The summed E-state index contributed by atoms with van der Waals surface area (Å²) in [5.74, 6) is -5.96. The number of hydrogen-bond donors (Lipinski definition) is 0. The highest BCUT2D eigenvalue weighted by Gasteiger charge is 2.30. The second-order valence-corrected chi connectivity index (χ2v) is 9.64. The molecule has 5 heteroatoms. The van der Waals surface area contributed by atoms with E-state index in [1.165, 1.54) is 0 Å². The van der Waals surface area contributed by atoms with Gasteiger partial charge in [-0.3, -0.25) is 0 Å². The van der Waals surface area contributed by atoms with Crippen molar-refractivity contribution < 1.29 is 17.6 Å². The Morgan fingerprint density at radius 3 is 2.12 bits per heavy atom. The van der Waals surface area contributed by atoms with Crippen molar-refractivity contribution >= 4 is 13.3 Å². The van der Waals surface area contributed by atoms with E-state index in [0.717, 1.165) is 25.0 Å². The van der Waals surface area contributed by atoms with Crippen LogP contribution < -0.4 is 5.19 Å². The third kappa shape index (κ3) is 2.88. The molecule has 1 aromatic carbocycles. The van der Waals surface area contributed by atoms with Crippen molar-refractivity contribution in [1.82, 2.24) is 0 Å². The standard InChI is InChI=1S/C12H16F4Si/c1-4-5-6-17(2,3)9-7-8(13)10(14)12(16)11(9)15/h7H,4-6H2,1-3H3. The molecule has 0 amide bonds. The number of unbranched alkanes of at least 4 members (excludes halogenated alkanes) is 1. The first-order chi connectivity index (χ1) is 7.81. The molecule has 17 heavy (non-hydrogen) atoms. The summed E-state index contributed by atoms with van der Waals surface area (Å²) in [5.41, 5.74) is 0. The average Bonchev–Trinajstić information content (AvgIpc) is 2.28. The van der Waals surface area contributed by atoms with Crippen LogP contribution in [0.5, 0.6) is 0 Å². The lowest BCUT2D eigenvalue weighted by Gasteiger charge is -2.23. The normalized spacial score (nSPS) is 11.9. The van der Waals surface area contributed by atoms with Gasteiger partial charge in [-0.1, -0.05) is 38.9 Å². The van der Waals surface area contributed by atoms with Gasteiger partial charge in [0.1, 0.15) is 0 Å². The summed E-state index contributed by atoms with van der Waals surface area (Å²) in [6.07, 6.45) is 1.81. The molecule has 1 rings (SSSR count). The zero-order valence-electron chi connectivity index (χ0n) is 10.2. The molecule has 0 fully saturated rings. The summed E-state index contributed by atoms with van der Waals surface area (Å²) >= 11 is 0. The van der Waals surface area contributed by atoms with Crippen LogP contribution in [0.4, 0.5) is 17.6 Å². The molecule has 0 aromatic heterocycles. The summed E-state index contributed by atoms with van der Waals surface area (Å²) in [6.45, 7) is 5.66. The van der Waals surface area contributed by atoms with Gasteiger partial charge in [0, 0.05) is 0 Å². The molecule has 0 aliphatic heterocycles. The van der Waals surface area contributed by atoms with Crippen molar-refractivity contribution in [2.75, 3.05) is 0 Å². The third-order valence-electron chi connectivity index (χ3n) is 2.99. The zero-order valence-corrected chi connectivity index (χ0v) is 11.2. The molecule has 0 bridgehead atoms. The molecule has 0 saturated carbocycles. The fourth-order valence-corrected chi connectivity index (χ4v) is 4.55. The second kappa shape index (κ2) is 5.21. The van der Waals surface area contributed by atoms with E-state index in [1.807, 2.05) is 20.0 Å². The summed E-state index contributed by atoms with van der Waals surface area (Å²) in [6, 6.07) is 1.54. The van der Waals surface area contributed by atoms with Crippen LogP contribution >= 0.6 is 0 Å². The summed E-state index contributed by atoms with van der Waals surface area (Å²) in [5, 5.41) is 0.0300. The number of benzene rings is 1. The smallest absolute Gasteiger partial charge is 0.197 e. The van der Waals surface area contributed by atoms with Crippen molar-refractivity contribution in [1.29, 1.82) is 0 Å². The van der Waals surface area contributed by atoms with Crippen molar-refractivity contribution in [2.45, 2.75) is 38.9 Å². The van der Waals surface area contributed by atoms with Crippen LogP contribution in [0, 0.1) is 23.3 Å². The van der Waals surface area contributed by atoms with E-state index in [9.17, 15) is 17.6 Å². The van der Waals surface area contributed by atoms with Crippen LogP contribution in [0.3, 0.4) is 0 Å². The zero-order chi connectivity index (χ0) is 13.2. The van der Waals surface area contributed by atoms with Crippen LogP contribution in [-0.4, -0.2) is 8.07 Å². The highest BCUT2D eigenvalue weighted by molar-refractivity contribution is 6.89. The molecule has 0 nitrogen and oxygen atoms in total. The Labute approximate surface area is 99.7 Å². The monoisotopic (exact) mass is 264 g/mol. The van der Waals surface area contributed by atoms with Gasteiger partial charge < -0.3 is 0 Å². The largest absolute Gasteiger partial charge is 0.204 e. The Bertz CT molecular complexity index is 415. The maximum absolute atomic E-state index is 13.6. The molecule has 0 aliphatic rings. The van der Waals surface area contributed by atoms with E-state index in [2.05, 4.69) is 0 Å². The molecule has 0 spiro atoms. The van der Waals surface area contributed by atoms with Gasteiger partial charge >= 0.3 is 0 Å². The molecular formula is C12H16F4Si. The number of halogens is 4. The van der Waals surface area contributed by atoms with Gasteiger partial charge in [-0.15, -0.1) is 0 Å². The Morgan fingerprint density at radius 1 is 1.00 bits per heavy atom. The topological polar surface area (TPSA) is 0 Å². The van der Waals surface area contributed by atoms with E-state index >= 15 is 0 Å². The van der Waals surface area contributed by atoms with Crippen molar-refractivity contribution in [3.63, 3.8) is 0 Å². The Balaban J connectivity index is 3.22. The first-order valence-corrected chi connectivity index (χ1v) is 8.85. The Kier molecular flexibility index (Phi) is 4.35. The third-order valence-corrected chi connectivity index (χ3v) is 6.41. The van der Waals surface area contributed by atoms with E-state index in [4.69, 9.17) is 0 Å². The molecule has 0 heterocycles. The number of hydrogen-bond acceptors (Lipinski definition) is 0. The van der Waals surface area contributed by atoms with Crippen molar-refractivity contribution in [2.24, 2.45) is 0 Å². The summed E-state index contributed by atoms with van der Waals surface area (Å²) < 4.78 is 52.7. The molecular weight excluding hydrogens is 248 g/mol. The van der Waals surface area contributed by atoms with Crippen molar-refractivity contribution in [3.05, 3.63) is 29.3 Å². The van der Waals surface area contributed by atoms with E-state index in [1.54, 1.807) is 0 Å². The molecule has 1 aromatic rings. The lowest BCUT2D eigenvalue weighted by molar-refractivity contribution is 0.412. The van der Waals surface area contributed by atoms with Crippen LogP contribution in [0.15, 0.2) is 6.07 Å². The fraction of sp³-hybridized carbons (Fsp3) is 0.500. The quantitative estimate of drug-likeness (QED) is 0.334. The molecule has 0 aliphatic carbocycles. The average molecular weight is 264 g/mol. The first kappa shape index (κ1) is 14.2. The van der Waals surface area contributed by atoms with Gasteiger partial charge in [-0.2, -0.15) is 0 Å². The fourth-order valence-electron chi connectivity index (χ4n) is 1.82. The first-order valence-electron chi connectivity index (χ1n) is 5.64. The van der Waals surface area contributed by atoms with E-state index < -0.39 is 31.3 Å². The number of rotatable bonds is 4. The van der Waals surface area contributed by atoms with E-state index in [0.29, 0.717) is 0 Å². The molecule has 0 atom stereocenters. The lowest BCUT2D eigenvalue weighted by atomic mass is 10.3. The van der Waals surface area contributed by atoms with Crippen LogP contribution in [0.1, 0.15) is 19.8 Å². The Morgan fingerprint density at radius 2 is 1.59 bits per heavy atom. The van der Waals surface area contributed by atoms with Crippen molar-refractivity contribution in [3.8, 4) is 0 Å². The predicted octanol–water partition coefficient (Wildman–Crippen LogP) is 3.96. The van der Waals surface area contributed by atoms with Crippen LogP contribution in [-0.2, 0) is 0 Å². The molecule has 96 valence electrons. The van der Waals surface area contributed by atoms with Gasteiger partial charge in [0.05, 0.1) is 8.07 Å². The van der Waals surface area contributed by atoms with E-state index in [-0.39, 0.29) is 5.19 Å². The van der Waals surface area contributed by atoms with Gasteiger partial charge in [0.15, 0.2) is 23.3 Å². The minimum Gasteiger partial charge on any atom is -0.204 e. The SMILES string of the molecule is CCCC[Si](C)(C)c1cc(F)c(F)c(F)c1F. The molecule has 0 radical (unpaired) electrons. The molecule has 0 saturated heterocycles. The van der Waals surface area contributed by atoms with Crippen LogP contribution in [0.25, 0.3) is 0 Å². The minimum absolute atomic E-state index is 0.0300. The predicted molar refractivity (Wildman–Crippen MR) is 63.1 cm³/mol. The molecule has 0 unspecified atom stereocenters. The highest BCUT2D eigenvalue weighted by atomic mass is 28.3. The lowest BCUT2D eigenvalue weighted by Crippen LogP contribution is -2.44. The maximum Gasteiger partial charge on any atom is 0.197 e. The van der Waals surface area contributed by atoms with Crippen LogP contribution in [0.2, 0.25) is 19.1 Å². The summed E-state index contributed by atoms with van der Waals surface area (Å²) in [4.78, 5) is 0. The van der Waals surface area contributed by atoms with Gasteiger partial charge in [0.25, 0.3) is 0 Å². The van der Waals surface area contributed by atoms with Gasteiger partial charge in [-0.25, -0.2) is 17.6 Å². The Hall–Kier alpha value is -0.843. The van der Waals surface area contributed by atoms with Gasteiger partial charge in [-0.05, 0) is 11.3 Å². The highest BCUT2D eigenvalue weighted by Crippen LogP contribution is 2.20. The minimum atomic E-state index is -2.25. The maximum atomic E-state index is 13.6. The van der Waals surface area contributed by atoms with Gasteiger partial charge in [0.2, 0.25) is 0 Å². The summed E-state index contributed by atoms with van der Waals surface area (Å²) in [7, 11) is -2.25.